The monoisotopic (exact) mass is 387 g/mol. The summed E-state index contributed by atoms with van der Waals surface area (Å²) in [6.07, 6.45) is 8.30. The van der Waals surface area contributed by atoms with E-state index in [-0.39, 0.29) is 5.56 Å². The van der Waals surface area contributed by atoms with Crippen LogP contribution in [-0.4, -0.2) is 36.6 Å². The average molecular weight is 387 g/mol. The average Bonchev–Trinajstić information content (AvgIpc) is 3.35. The molecule has 4 aromatic rings. The summed E-state index contributed by atoms with van der Waals surface area (Å²) < 4.78 is 1.58. The van der Waals surface area contributed by atoms with Crippen molar-refractivity contribution in [3.63, 3.8) is 0 Å². The van der Waals surface area contributed by atoms with Crippen LogP contribution in [0.25, 0.3) is 16.9 Å². The number of H-pyrrole nitrogens is 1. The minimum Gasteiger partial charge on any atom is -0.367 e. The number of rotatable bonds is 5. The fourth-order valence-electron chi connectivity index (χ4n) is 3.81. The first kappa shape index (κ1) is 17.4. The highest BCUT2D eigenvalue weighted by Crippen LogP contribution is 2.25. The Kier molecular flexibility index (Phi) is 4.44. The van der Waals surface area contributed by atoms with E-state index in [1.54, 1.807) is 29.2 Å². The van der Waals surface area contributed by atoms with Crippen LogP contribution in [0.1, 0.15) is 19.3 Å². The molecule has 0 saturated heterocycles. The standard InChI is InChI=1S/C21H21N7O/c29-19-5-1-2-11-28(19)16-8-9-18(23-13-16)24-14-6-7-15(12-14)25-21-26-17-4-3-10-22-20(17)27-21/h1-5,8-11,13-15H,6-7,12H2,(H,23,24)(H2,22,25,26,27)/t14-,15-/m0/s1. The second kappa shape index (κ2) is 7.38. The number of aromatic nitrogens is 5. The highest BCUT2D eigenvalue weighted by Gasteiger charge is 2.25. The minimum atomic E-state index is -0.0690. The third-order valence-electron chi connectivity index (χ3n) is 5.23. The molecule has 8 nitrogen and oxygen atoms in total. The third-order valence-corrected chi connectivity index (χ3v) is 5.23. The van der Waals surface area contributed by atoms with E-state index in [0.29, 0.717) is 12.1 Å². The number of aromatic amines is 1. The summed E-state index contributed by atoms with van der Waals surface area (Å²) in [5.74, 6) is 1.58. The molecule has 0 aliphatic heterocycles. The van der Waals surface area contributed by atoms with E-state index in [1.165, 1.54) is 6.07 Å². The maximum Gasteiger partial charge on any atom is 0.255 e. The lowest BCUT2D eigenvalue weighted by atomic mass is 10.2. The van der Waals surface area contributed by atoms with E-state index in [9.17, 15) is 4.79 Å². The van der Waals surface area contributed by atoms with Crippen LogP contribution in [0.3, 0.4) is 0 Å². The minimum absolute atomic E-state index is 0.0690. The molecule has 0 bridgehead atoms. The zero-order valence-corrected chi connectivity index (χ0v) is 15.7. The molecule has 4 aromatic heterocycles. The van der Waals surface area contributed by atoms with Crippen LogP contribution >= 0.6 is 0 Å². The van der Waals surface area contributed by atoms with Gasteiger partial charge >= 0.3 is 0 Å². The number of nitrogens with zero attached hydrogens (tertiary/aromatic N) is 4. The number of pyridine rings is 3. The number of nitrogens with one attached hydrogen (secondary N) is 3. The van der Waals surface area contributed by atoms with E-state index in [0.717, 1.165) is 47.9 Å². The molecule has 8 heteroatoms. The predicted molar refractivity (Wildman–Crippen MR) is 112 cm³/mol. The first-order valence-corrected chi connectivity index (χ1v) is 9.72. The van der Waals surface area contributed by atoms with Crippen LogP contribution in [0.15, 0.2) is 65.8 Å². The van der Waals surface area contributed by atoms with Crippen molar-refractivity contribution < 1.29 is 0 Å². The van der Waals surface area contributed by atoms with Crippen LogP contribution in [0, 0.1) is 0 Å². The zero-order chi connectivity index (χ0) is 19.6. The third kappa shape index (κ3) is 3.69. The number of imidazole rings is 1. The summed E-state index contributed by atoms with van der Waals surface area (Å²) in [5, 5.41) is 6.97. The van der Waals surface area contributed by atoms with Crippen LogP contribution in [0.5, 0.6) is 0 Å². The topological polar surface area (TPSA) is 101 Å². The smallest absolute Gasteiger partial charge is 0.255 e. The molecule has 4 heterocycles. The van der Waals surface area contributed by atoms with Crippen molar-refractivity contribution in [3.05, 3.63) is 71.4 Å². The Morgan fingerprint density at radius 1 is 1.00 bits per heavy atom. The van der Waals surface area contributed by atoms with Gasteiger partial charge in [-0.05, 0) is 49.6 Å². The molecule has 0 spiro atoms. The highest BCUT2D eigenvalue weighted by atomic mass is 16.1. The van der Waals surface area contributed by atoms with E-state index in [2.05, 4.69) is 30.6 Å². The molecule has 0 amide bonds. The Labute approximate surface area is 167 Å². The second-order valence-electron chi connectivity index (χ2n) is 7.26. The Morgan fingerprint density at radius 2 is 1.90 bits per heavy atom. The molecule has 1 fully saturated rings. The van der Waals surface area contributed by atoms with Gasteiger partial charge in [0.15, 0.2) is 5.65 Å². The van der Waals surface area contributed by atoms with Gasteiger partial charge in [-0.25, -0.2) is 15.0 Å². The number of hydrogen-bond acceptors (Lipinski definition) is 6. The predicted octanol–water partition coefficient (Wildman–Crippen LogP) is 2.95. The van der Waals surface area contributed by atoms with Gasteiger partial charge in [0.1, 0.15) is 11.3 Å². The van der Waals surface area contributed by atoms with Gasteiger partial charge in [-0.15, -0.1) is 0 Å². The lowest BCUT2D eigenvalue weighted by Crippen LogP contribution is -2.21. The molecule has 0 radical (unpaired) electrons. The molecular formula is C21H21N7O. The molecule has 0 aromatic carbocycles. The first-order chi connectivity index (χ1) is 14.2. The molecule has 0 unspecified atom stereocenters. The van der Waals surface area contributed by atoms with Gasteiger partial charge in [-0.3, -0.25) is 9.36 Å². The fourth-order valence-corrected chi connectivity index (χ4v) is 3.81. The van der Waals surface area contributed by atoms with Gasteiger partial charge in [-0.2, -0.15) is 0 Å². The van der Waals surface area contributed by atoms with Crippen LogP contribution in [0.4, 0.5) is 11.8 Å². The van der Waals surface area contributed by atoms with Crippen LogP contribution in [-0.2, 0) is 0 Å². The quantitative estimate of drug-likeness (QED) is 0.487. The van der Waals surface area contributed by atoms with Crippen molar-refractivity contribution in [2.45, 2.75) is 31.3 Å². The van der Waals surface area contributed by atoms with Crippen molar-refractivity contribution >= 4 is 22.9 Å². The van der Waals surface area contributed by atoms with Crippen LogP contribution in [0.2, 0.25) is 0 Å². The summed E-state index contributed by atoms with van der Waals surface area (Å²) in [6, 6.07) is 13.4. The number of hydrogen-bond donors (Lipinski definition) is 3. The van der Waals surface area contributed by atoms with Crippen molar-refractivity contribution in [2.24, 2.45) is 0 Å². The summed E-state index contributed by atoms with van der Waals surface area (Å²) >= 11 is 0. The van der Waals surface area contributed by atoms with Crippen LogP contribution < -0.4 is 16.2 Å². The Hall–Kier alpha value is -3.68. The lowest BCUT2D eigenvalue weighted by Gasteiger charge is -2.15. The molecule has 1 aliphatic carbocycles. The van der Waals surface area contributed by atoms with E-state index in [4.69, 9.17) is 0 Å². The van der Waals surface area contributed by atoms with Crippen molar-refractivity contribution in [3.8, 4) is 5.69 Å². The summed E-state index contributed by atoms with van der Waals surface area (Å²) in [5.41, 5.74) is 2.35. The molecule has 29 heavy (non-hydrogen) atoms. The Morgan fingerprint density at radius 3 is 2.69 bits per heavy atom. The molecule has 146 valence electrons. The lowest BCUT2D eigenvalue weighted by molar-refractivity contribution is 0.718. The Bertz CT molecular complexity index is 1150. The first-order valence-electron chi connectivity index (χ1n) is 9.72. The Balaban J connectivity index is 1.21. The summed E-state index contributed by atoms with van der Waals surface area (Å²) in [6.45, 7) is 0. The number of fused-ring (bicyclic) bond motifs is 1. The van der Waals surface area contributed by atoms with E-state index >= 15 is 0 Å². The molecule has 1 aliphatic rings. The zero-order valence-electron chi connectivity index (χ0n) is 15.7. The largest absolute Gasteiger partial charge is 0.367 e. The molecule has 1 saturated carbocycles. The van der Waals surface area contributed by atoms with Gasteiger partial charge in [0.25, 0.3) is 5.56 Å². The molecular weight excluding hydrogens is 366 g/mol. The molecule has 5 rings (SSSR count). The maximum atomic E-state index is 11.9. The van der Waals surface area contributed by atoms with Gasteiger partial charge in [-0.1, -0.05) is 6.07 Å². The van der Waals surface area contributed by atoms with Gasteiger partial charge < -0.3 is 15.6 Å². The van der Waals surface area contributed by atoms with Gasteiger partial charge in [0.2, 0.25) is 5.95 Å². The van der Waals surface area contributed by atoms with E-state index in [1.807, 2.05) is 30.3 Å². The second-order valence-corrected chi connectivity index (χ2v) is 7.26. The van der Waals surface area contributed by atoms with Gasteiger partial charge in [0.05, 0.1) is 11.9 Å². The summed E-state index contributed by atoms with van der Waals surface area (Å²) in [7, 11) is 0. The van der Waals surface area contributed by atoms with Crippen molar-refractivity contribution in [1.29, 1.82) is 0 Å². The number of anilines is 2. The molecule has 3 N–H and O–H groups in total. The fraction of sp³-hybridized carbons (Fsp3) is 0.238. The normalized spacial score (nSPS) is 18.8. The highest BCUT2D eigenvalue weighted by molar-refractivity contribution is 5.72. The molecule has 2 atom stereocenters. The maximum absolute atomic E-state index is 11.9. The SMILES string of the molecule is O=c1ccccn1-c1ccc(N[C@H]2CC[C@H](Nc3nc4cccnc4[nH]3)C2)nc1. The van der Waals surface area contributed by atoms with Crippen molar-refractivity contribution in [2.75, 3.05) is 10.6 Å². The van der Waals surface area contributed by atoms with Crippen molar-refractivity contribution in [1.82, 2.24) is 24.5 Å². The summed E-state index contributed by atoms with van der Waals surface area (Å²) in [4.78, 5) is 28.4. The van der Waals surface area contributed by atoms with E-state index < -0.39 is 0 Å². The van der Waals surface area contributed by atoms with Gasteiger partial charge in [0, 0.05) is 30.5 Å².